The SMILES string of the molecule is CC(C)(C)C(=O)CN1C(=O)N(c2ccc(Cl)cc2)S(=O)(=O)c2ccccc21. The molecular formula is C19H19ClN2O4S. The molecule has 2 aromatic rings. The van der Waals surface area contributed by atoms with Crippen molar-refractivity contribution in [3.8, 4) is 0 Å². The molecule has 0 radical (unpaired) electrons. The summed E-state index contributed by atoms with van der Waals surface area (Å²) in [7, 11) is -4.11. The number of hydrogen-bond acceptors (Lipinski definition) is 4. The molecule has 0 aliphatic carbocycles. The van der Waals surface area contributed by atoms with Crippen molar-refractivity contribution in [3.63, 3.8) is 0 Å². The van der Waals surface area contributed by atoms with Gasteiger partial charge in [-0.15, -0.1) is 0 Å². The molecule has 142 valence electrons. The van der Waals surface area contributed by atoms with Crippen LogP contribution in [0.1, 0.15) is 20.8 Å². The van der Waals surface area contributed by atoms with Gasteiger partial charge in [0.2, 0.25) is 0 Å². The molecule has 0 atom stereocenters. The van der Waals surface area contributed by atoms with Crippen molar-refractivity contribution in [2.24, 2.45) is 5.41 Å². The van der Waals surface area contributed by atoms with Crippen molar-refractivity contribution < 1.29 is 18.0 Å². The maximum Gasteiger partial charge on any atom is 0.343 e. The van der Waals surface area contributed by atoms with Gasteiger partial charge in [0, 0.05) is 10.4 Å². The number of anilines is 2. The summed E-state index contributed by atoms with van der Waals surface area (Å²) in [6.07, 6.45) is 0. The van der Waals surface area contributed by atoms with Crippen molar-refractivity contribution in [1.29, 1.82) is 0 Å². The zero-order valence-corrected chi connectivity index (χ0v) is 16.7. The Kier molecular flexibility index (Phi) is 4.78. The average Bonchev–Trinajstić information content (AvgIpc) is 2.59. The summed E-state index contributed by atoms with van der Waals surface area (Å²) < 4.78 is 26.9. The van der Waals surface area contributed by atoms with Gasteiger partial charge >= 0.3 is 6.03 Å². The normalized spacial score (nSPS) is 16.2. The van der Waals surface area contributed by atoms with E-state index in [1.807, 2.05) is 0 Å². The lowest BCUT2D eigenvalue weighted by molar-refractivity contribution is -0.124. The van der Waals surface area contributed by atoms with Crippen LogP contribution in [0.2, 0.25) is 5.02 Å². The predicted octanol–water partition coefficient (Wildman–Crippen LogP) is 4.09. The molecule has 0 spiro atoms. The number of carbonyl (C=O) groups is 2. The summed E-state index contributed by atoms with van der Waals surface area (Å²) >= 11 is 5.88. The summed E-state index contributed by atoms with van der Waals surface area (Å²) in [4.78, 5) is 26.9. The number of urea groups is 1. The molecule has 1 aliphatic heterocycles. The van der Waals surface area contributed by atoms with Crippen LogP contribution in [-0.4, -0.2) is 26.8 Å². The van der Waals surface area contributed by atoms with Gasteiger partial charge in [0.1, 0.15) is 4.90 Å². The maximum absolute atomic E-state index is 13.1. The number of halogens is 1. The molecule has 0 saturated carbocycles. The third kappa shape index (κ3) is 3.44. The molecular weight excluding hydrogens is 388 g/mol. The van der Waals surface area contributed by atoms with Gasteiger partial charge in [0.25, 0.3) is 10.0 Å². The minimum absolute atomic E-state index is 0.0266. The van der Waals surface area contributed by atoms with Crippen LogP contribution in [0.5, 0.6) is 0 Å². The van der Waals surface area contributed by atoms with Crippen LogP contribution in [0.25, 0.3) is 0 Å². The molecule has 6 nitrogen and oxygen atoms in total. The van der Waals surface area contributed by atoms with Crippen LogP contribution >= 0.6 is 11.6 Å². The maximum atomic E-state index is 13.1. The molecule has 0 aromatic heterocycles. The second-order valence-corrected chi connectivity index (χ2v) is 9.45. The third-order valence-corrected chi connectivity index (χ3v) is 6.28. The number of nitrogens with zero attached hydrogens (tertiary/aromatic N) is 2. The van der Waals surface area contributed by atoms with Crippen LogP contribution < -0.4 is 9.21 Å². The number of benzene rings is 2. The number of fused-ring (bicyclic) bond motifs is 1. The lowest BCUT2D eigenvalue weighted by Crippen LogP contribution is -2.53. The van der Waals surface area contributed by atoms with Crippen LogP contribution in [0, 0.1) is 5.41 Å². The Labute approximate surface area is 163 Å². The van der Waals surface area contributed by atoms with E-state index >= 15 is 0 Å². The Hall–Kier alpha value is -2.38. The minimum atomic E-state index is -4.11. The number of ketones is 1. The summed E-state index contributed by atoms with van der Waals surface area (Å²) in [5.41, 5.74) is -0.311. The molecule has 0 N–H and O–H groups in total. The first kappa shape index (κ1) is 19.4. The van der Waals surface area contributed by atoms with Gasteiger partial charge in [-0.1, -0.05) is 44.5 Å². The lowest BCUT2D eigenvalue weighted by Gasteiger charge is -2.36. The second-order valence-electron chi connectivity index (χ2n) is 7.26. The van der Waals surface area contributed by atoms with E-state index in [1.54, 1.807) is 32.9 Å². The van der Waals surface area contributed by atoms with Crippen molar-refractivity contribution in [2.45, 2.75) is 25.7 Å². The highest BCUT2D eigenvalue weighted by atomic mass is 35.5. The highest BCUT2D eigenvalue weighted by Gasteiger charge is 2.43. The second kappa shape index (κ2) is 6.65. The zero-order valence-electron chi connectivity index (χ0n) is 15.1. The van der Waals surface area contributed by atoms with Gasteiger partial charge in [-0.25, -0.2) is 13.2 Å². The lowest BCUT2D eigenvalue weighted by atomic mass is 9.90. The molecule has 0 fully saturated rings. The first-order chi connectivity index (χ1) is 12.5. The first-order valence-electron chi connectivity index (χ1n) is 8.28. The summed E-state index contributed by atoms with van der Waals surface area (Å²) in [5.74, 6) is -0.180. The molecule has 27 heavy (non-hydrogen) atoms. The Balaban J connectivity index is 2.16. The number of Topliss-reactive ketones (excluding diaryl/α,β-unsaturated/α-hetero) is 1. The Morgan fingerprint density at radius 1 is 1.04 bits per heavy atom. The molecule has 1 heterocycles. The van der Waals surface area contributed by atoms with E-state index in [1.165, 1.54) is 41.3 Å². The van der Waals surface area contributed by atoms with Gasteiger partial charge in [0.05, 0.1) is 17.9 Å². The smallest absolute Gasteiger partial charge is 0.297 e. The van der Waals surface area contributed by atoms with Crippen LogP contribution in [-0.2, 0) is 14.8 Å². The molecule has 2 aromatic carbocycles. The quantitative estimate of drug-likeness (QED) is 0.769. The molecule has 8 heteroatoms. The van der Waals surface area contributed by atoms with Crippen molar-refractivity contribution in [2.75, 3.05) is 15.7 Å². The van der Waals surface area contributed by atoms with Gasteiger partial charge in [-0.3, -0.25) is 9.69 Å². The number of rotatable bonds is 3. The number of para-hydroxylation sites is 1. The number of amides is 2. The average molecular weight is 407 g/mol. The Bertz CT molecular complexity index is 1010. The van der Waals surface area contributed by atoms with Crippen LogP contribution in [0.3, 0.4) is 0 Å². The predicted molar refractivity (Wildman–Crippen MR) is 105 cm³/mol. The molecule has 1 aliphatic rings. The molecule has 0 bridgehead atoms. The fourth-order valence-corrected chi connectivity index (χ4v) is 4.39. The fraction of sp³-hybridized carbons (Fsp3) is 0.263. The van der Waals surface area contributed by atoms with E-state index in [2.05, 4.69) is 0 Å². The first-order valence-corrected chi connectivity index (χ1v) is 10.1. The van der Waals surface area contributed by atoms with Gasteiger partial charge in [0.15, 0.2) is 5.78 Å². The van der Waals surface area contributed by atoms with Gasteiger partial charge in [-0.05, 0) is 36.4 Å². The Morgan fingerprint density at radius 2 is 1.63 bits per heavy atom. The van der Waals surface area contributed by atoms with E-state index in [-0.39, 0.29) is 28.6 Å². The van der Waals surface area contributed by atoms with Gasteiger partial charge < -0.3 is 0 Å². The van der Waals surface area contributed by atoms with Crippen molar-refractivity contribution in [1.82, 2.24) is 0 Å². The van der Waals surface area contributed by atoms with Crippen molar-refractivity contribution >= 4 is 44.8 Å². The largest absolute Gasteiger partial charge is 0.343 e. The molecule has 0 unspecified atom stereocenters. The van der Waals surface area contributed by atoms with E-state index < -0.39 is 21.5 Å². The highest BCUT2D eigenvalue weighted by Crippen LogP contribution is 2.37. The molecule has 3 rings (SSSR count). The summed E-state index contributed by atoms with van der Waals surface area (Å²) in [6, 6.07) is 11.3. The van der Waals surface area contributed by atoms with Gasteiger partial charge in [-0.2, -0.15) is 4.31 Å². The standard InChI is InChI=1S/C19H19ClN2O4S/c1-19(2,3)17(23)12-21-15-6-4-5-7-16(15)27(25,26)22(18(21)24)14-10-8-13(20)9-11-14/h4-11H,12H2,1-3H3. The molecule has 0 saturated heterocycles. The summed E-state index contributed by atoms with van der Waals surface area (Å²) in [5, 5.41) is 0.417. The zero-order chi connectivity index (χ0) is 20.0. The van der Waals surface area contributed by atoms with E-state index in [9.17, 15) is 18.0 Å². The van der Waals surface area contributed by atoms with Crippen molar-refractivity contribution in [3.05, 3.63) is 53.6 Å². The van der Waals surface area contributed by atoms with E-state index in [4.69, 9.17) is 11.6 Å². The fourth-order valence-electron chi connectivity index (χ4n) is 2.67. The Morgan fingerprint density at radius 3 is 2.22 bits per heavy atom. The highest BCUT2D eigenvalue weighted by molar-refractivity contribution is 7.94. The third-order valence-electron chi connectivity index (χ3n) is 4.28. The minimum Gasteiger partial charge on any atom is -0.297 e. The van der Waals surface area contributed by atoms with E-state index in [0.717, 1.165) is 0 Å². The summed E-state index contributed by atoms with van der Waals surface area (Å²) in [6.45, 7) is 5.04. The van der Waals surface area contributed by atoms with Crippen LogP contribution in [0.4, 0.5) is 16.2 Å². The van der Waals surface area contributed by atoms with E-state index in [0.29, 0.717) is 9.33 Å². The number of sulfonamides is 1. The topological polar surface area (TPSA) is 74.8 Å². The molecule has 2 amide bonds. The van der Waals surface area contributed by atoms with Crippen LogP contribution in [0.15, 0.2) is 53.4 Å². The monoisotopic (exact) mass is 406 g/mol. The number of hydrogen-bond donors (Lipinski definition) is 0. The number of carbonyl (C=O) groups excluding carboxylic acids is 2.